The first-order valence-corrected chi connectivity index (χ1v) is 7.26. The summed E-state index contributed by atoms with van der Waals surface area (Å²) in [6.07, 6.45) is 0.725. The van der Waals surface area contributed by atoms with E-state index in [0.717, 1.165) is 27.2 Å². The molecule has 3 rings (SSSR count). The van der Waals surface area contributed by atoms with Gasteiger partial charge in [0, 0.05) is 21.3 Å². The molecule has 1 fully saturated rings. The van der Waals surface area contributed by atoms with E-state index in [9.17, 15) is 4.79 Å². The number of hydrogen-bond acceptors (Lipinski definition) is 3. The number of carboxylic acid groups (broad SMARTS) is 1. The molecule has 5 heteroatoms. The zero-order valence-corrected chi connectivity index (χ0v) is 11.7. The average Bonchev–Trinajstić information content (AvgIpc) is 3.02. The molecule has 0 radical (unpaired) electrons. The Morgan fingerprint density at radius 1 is 1.39 bits per heavy atom. The molecule has 1 aliphatic rings. The molecule has 3 nitrogen and oxygen atoms in total. The highest BCUT2D eigenvalue weighted by atomic mass is 79.9. The number of hydrogen-bond donors (Lipinski definition) is 1. The van der Waals surface area contributed by atoms with Gasteiger partial charge in [0.25, 0.3) is 0 Å². The summed E-state index contributed by atoms with van der Waals surface area (Å²) in [4.78, 5) is 15.4. The molecule has 0 spiro atoms. The van der Waals surface area contributed by atoms with Crippen LogP contribution in [-0.2, 0) is 4.79 Å². The maximum atomic E-state index is 10.8. The summed E-state index contributed by atoms with van der Waals surface area (Å²) in [5, 5.41) is 11.9. The molecule has 2 aromatic rings. The Hall–Kier alpha value is -1.20. The van der Waals surface area contributed by atoms with Gasteiger partial charge in [-0.1, -0.05) is 28.1 Å². The number of carbonyl (C=O) groups is 1. The zero-order valence-electron chi connectivity index (χ0n) is 9.34. The van der Waals surface area contributed by atoms with Gasteiger partial charge >= 0.3 is 5.97 Å². The van der Waals surface area contributed by atoms with Crippen LogP contribution in [0, 0.1) is 5.92 Å². The molecule has 0 saturated heterocycles. The molecule has 1 aliphatic carbocycles. The monoisotopic (exact) mass is 323 g/mol. The number of aliphatic carboxylic acids is 1. The van der Waals surface area contributed by atoms with Crippen molar-refractivity contribution >= 4 is 33.2 Å². The average molecular weight is 324 g/mol. The maximum Gasteiger partial charge on any atom is 0.307 e. The van der Waals surface area contributed by atoms with Gasteiger partial charge in [-0.3, -0.25) is 4.79 Å². The number of carboxylic acids is 1. The van der Waals surface area contributed by atoms with Crippen molar-refractivity contribution in [2.24, 2.45) is 5.92 Å². The van der Waals surface area contributed by atoms with Crippen LogP contribution in [0.4, 0.5) is 0 Å². The molecule has 1 aromatic carbocycles. The van der Waals surface area contributed by atoms with E-state index in [2.05, 4.69) is 20.9 Å². The standard InChI is InChI=1S/C13H10BrNO2S/c14-8-3-1-7(2-4-8)11-6-18-12(15-11)9-5-10(9)13(16)17/h1-4,6,9-10H,5H2,(H,16,17). The third-order valence-corrected chi connectivity index (χ3v) is 4.59. The molecule has 1 heterocycles. The van der Waals surface area contributed by atoms with E-state index in [1.165, 1.54) is 0 Å². The fourth-order valence-corrected chi connectivity index (χ4v) is 3.22. The quantitative estimate of drug-likeness (QED) is 0.935. The highest BCUT2D eigenvalue weighted by Crippen LogP contribution is 2.49. The highest BCUT2D eigenvalue weighted by molar-refractivity contribution is 9.10. The molecule has 2 atom stereocenters. The molecule has 1 aromatic heterocycles. The van der Waals surface area contributed by atoms with Crippen molar-refractivity contribution < 1.29 is 9.90 Å². The smallest absolute Gasteiger partial charge is 0.307 e. The third kappa shape index (κ3) is 2.20. The van der Waals surface area contributed by atoms with Crippen LogP contribution in [0.5, 0.6) is 0 Å². The summed E-state index contributed by atoms with van der Waals surface area (Å²) in [6.45, 7) is 0. The van der Waals surface area contributed by atoms with E-state index in [1.54, 1.807) is 11.3 Å². The number of nitrogens with zero attached hydrogens (tertiary/aromatic N) is 1. The SMILES string of the molecule is O=C(O)C1CC1c1nc(-c2ccc(Br)cc2)cs1. The molecule has 0 aliphatic heterocycles. The zero-order chi connectivity index (χ0) is 12.7. The van der Waals surface area contributed by atoms with Gasteiger partial charge in [0.15, 0.2) is 0 Å². The molecule has 92 valence electrons. The Bertz CT molecular complexity index is 593. The number of benzene rings is 1. The first-order chi connectivity index (χ1) is 8.65. The Labute approximate surface area is 117 Å². The van der Waals surface area contributed by atoms with Gasteiger partial charge in [0.05, 0.1) is 16.6 Å². The number of aromatic nitrogens is 1. The van der Waals surface area contributed by atoms with Gasteiger partial charge in [-0.25, -0.2) is 4.98 Å². The van der Waals surface area contributed by atoms with Crippen molar-refractivity contribution in [2.75, 3.05) is 0 Å². The fourth-order valence-electron chi connectivity index (χ4n) is 1.95. The van der Waals surface area contributed by atoms with Gasteiger partial charge in [0.1, 0.15) is 0 Å². The van der Waals surface area contributed by atoms with Crippen LogP contribution >= 0.6 is 27.3 Å². The highest BCUT2D eigenvalue weighted by Gasteiger charge is 2.46. The van der Waals surface area contributed by atoms with Crippen LogP contribution in [0.25, 0.3) is 11.3 Å². The second-order valence-corrected chi connectivity index (χ2v) is 6.17. The second-order valence-electron chi connectivity index (χ2n) is 4.36. The van der Waals surface area contributed by atoms with Crippen LogP contribution in [-0.4, -0.2) is 16.1 Å². The molecule has 1 saturated carbocycles. The van der Waals surface area contributed by atoms with Crippen LogP contribution in [0.1, 0.15) is 17.3 Å². The van der Waals surface area contributed by atoms with Crippen molar-refractivity contribution in [3.05, 3.63) is 39.1 Å². The van der Waals surface area contributed by atoms with E-state index in [-0.39, 0.29) is 11.8 Å². The lowest BCUT2D eigenvalue weighted by Crippen LogP contribution is -1.98. The Kier molecular flexibility index (Phi) is 2.95. The number of halogens is 1. The Balaban J connectivity index is 1.82. The predicted octanol–water partition coefficient (Wildman–Crippen LogP) is 3.76. The number of rotatable bonds is 3. The van der Waals surface area contributed by atoms with Crippen molar-refractivity contribution in [2.45, 2.75) is 12.3 Å². The molecule has 1 N–H and O–H groups in total. The normalized spacial score (nSPS) is 21.8. The van der Waals surface area contributed by atoms with Crippen molar-refractivity contribution in [3.8, 4) is 11.3 Å². The van der Waals surface area contributed by atoms with E-state index in [0.29, 0.717) is 0 Å². The summed E-state index contributed by atoms with van der Waals surface area (Å²) >= 11 is 4.95. The first kappa shape index (κ1) is 11.9. The fraction of sp³-hybridized carbons (Fsp3) is 0.231. The minimum atomic E-state index is -0.708. The number of thiazole rings is 1. The van der Waals surface area contributed by atoms with Gasteiger partial charge in [0.2, 0.25) is 0 Å². The van der Waals surface area contributed by atoms with E-state index >= 15 is 0 Å². The van der Waals surface area contributed by atoms with Crippen LogP contribution in [0.3, 0.4) is 0 Å². The van der Waals surface area contributed by atoms with Crippen molar-refractivity contribution in [1.82, 2.24) is 4.98 Å². The van der Waals surface area contributed by atoms with Gasteiger partial charge in [-0.05, 0) is 18.6 Å². The van der Waals surface area contributed by atoms with Gasteiger partial charge < -0.3 is 5.11 Å². The van der Waals surface area contributed by atoms with E-state index in [4.69, 9.17) is 5.11 Å². The van der Waals surface area contributed by atoms with E-state index < -0.39 is 5.97 Å². The molecular weight excluding hydrogens is 314 g/mol. The summed E-state index contributed by atoms with van der Waals surface area (Å²) in [5.74, 6) is -0.814. The lowest BCUT2D eigenvalue weighted by Gasteiger charge is -1.96. The Morgan fingerprint density at radius 2 is 2.11 bits per heavy atom. The van der Waals surface area contributed by atoms with Crippen molar-refractivity contribution in [1.29, 1.82) is 0 Å². The largest absolute Gasteiger partial charge is 0.481 e. The summed E-state index contributed by atoms with van der Waals surface area (Å²) in [7, 11) is 0. The predicted molar refractivity (Wildman–Crippen MR) is 73.7 cm³/mol. The van der Waals surface area contributed by atoms with Gasteiger partial charge in [-0.2, -0.15) is 0 Å². The first-order valence-electron chi connectivity index (χ1n) is 5.59. The maximum absolute atomic E-state index is 10.8. The molecular formula is C13H10BrNO2S. The third-order valence-electron chi connectivity index (χ3n) is 3.09. The second kappa shape index (κ2) is 4.48. The molecule has 0 bridgehead atoms. The summed E-state index contributed by atoms with van der Waals surface area (Å²) < 4.78 is 1.04. The summed E-state index contributed by atoms with van der Waals surface area (Å²) in [6, 6.07) is 7.96. The van der Waals surface area contributed by atoms with Crippen LogP contribution in [0.15, 0.2) is 34.1 Å². The lowest BCUT2D eigenvalue weighted by molar-refractivity contribution is -0.138. The van der Waals surface area contributed by atoms with Gasteiger partial charge in [-0.15, -0.1) is 11.3 Å². The molecule has 18 heavy (non-hydrogen) atoms. The van der Waals surface area contributed by atoms with Crippen LogP contribution < -0.4 is 0 Å². The minimum absolute atomic E-state index is 0.122. The minimum Gasteiger partial charge on any atom is -0.481 e. The summed E-state index contributed by atoms with van der Waals surface area (Å²) in [5.41, 5.74) is 1.99. The van der Waals surface area contributed by atoms with E-state index in [1.807, 2.05) is 29.6 Å². The molecule has 2 unspecified atom stereocenters. The van der Waals surface area contributed by atoms with Crippen LogP contribution in [0.2, 0.25) is 0 Å². The topological polar surface area (TPSA) is 50.2 Å². The lowest BCUT2D eigenvalue weighted by atomic mass is 10.2. The molecule has 0 amide bonds. The van der Waals surface area contributed by atoms with Crippen molar-refractivity contribution in [3.63, 3.8) is 0 Å². The Morgan fingerprint density at radius 3 is 2.72 bits per heavy atom.